The molecule has 0 spiro atoms. The normalized spacial score (nSPS) is 13.8. The van der Waals surface area contributed by atoms with Crippen molar-refractivity contribution in [2.45, 2.75) is 26.8 Å². The Hall–Kier alpha value is -3.42. The third-order valence-electron chi connectivity index (χ3n) is 5.51. The van der Waals surface area contributed by atoms with Crippen LogP contribution in [0, 0.1) is 12.8 Å². The first-order chi connectivity index (χ1) is 14.5. The first-order valence-corrected chi connectivity index (χ1v) is 10.2. The summed E-state index contributed by atoms with van der Waals surface area (Å²) in [5.41, 5.74) is 4.89. The van der Waals surface area contributed by atoms with Gasteiger partial charge in [0.1, 0.15) is 0 Å². The summed E-state index contributed by atoms with van der Waals surface area (Å²) in [6.45, 7) is 6.47. The number of nitrogens with zero attached hydrogens (tertiary/aromatic N) is 5. The number of benzene rings is 1. The first kappa shape index (κ1) is 19.9. The van der Waals surface area contributed by atoms with E-state index in [1.807, 2.05) is 36.3 Å². The molecule has 0 aliphatic carbocycles. The Morgan fingerprint density at radius 3 is 2.83 bits per heavy atom. The van der Waals surface area contributed by atoms with Crippen molar-refractivity contribution < 1.29 is 7.65 Å². The zero-order chi connectivity index (χ0) is 21.1. The van der Waals surface area contributed by atoms with Gasteiger partial charge >= 0.3 is 6.03 Å². The van der Waals surface area contributed by atoms with Crippen LogP contribution in [0.3, 0.4) is 0 Å². The van der Waals surface area contributed by atoms with Crippen molar-refractivity contribution in [2.75, 3.05) is 18.4 Å². The Morgan fingerprint density at radius 1 is 1.30 bits per heavy atom. The van der Waals surface area contributed by atoms with Gasteiger partial charge in [0.2, 0.25) is 5.95 Å². The third-order valence-corrected chi connectivity index (χ3v) is 5.51. The number of carbonyl (C=O) groups excluding carboxylic acids is 1. The largest absolute Gasteiger partial charge is 0.334 e. The fourth-order valence-corrected chi connectivity index (χ4v) is 3.52. The summed E-state index contributed by atoms with van der Waals surface area (Å²) in [5.74, 6) is 1.18. The standard InChI is InChI=1S/C22H27N7O.2H2/c1-4-16-12-29(13-16)22(30)24-10-18-6-5-17(9-15(18)2)20-7-8-23-21(27-20)26-19-11-25-28(3)14-19;;/h5-9,11,14,16H,4,10,12-13H2,1-3H3,(H,24,30)(H,23,26,27);2*1H. The van der Waals surface area contributed by atoms with Crippen LogP contribution < -0.4 is 10.6 Å². The van der Waals surface area contributed by atoms with Crippen LogP contribution in [0.15, 0.2) is 42.9 Å². The first-order valence-electron chi connectivity index (χ1n) is 10.2. The van der Waals surface area contributed by atoms with Gasteiger partial charge in [-0.05, 0) is 42.5 Å². The van der Waals surface area contributed by atoms with Gasteiger partial charge in [0, 0.05) is 47.5 Å². The van der Waals surface area contributed by atoms with Crippen molar-refractivity contribution in [2.24, 2.45) is 13.0 Å². The predicted molar refractivity (Wildman–Crippen MR) is 121 cm³/mol. The van der Waals surface area contributed by atoms with E-state index in [0.29, 0.717) is 18.4 Å². The minimum Gasteiger partial charge on any atom is -0.334 e. The van der Waals surface area contributed by atoms with E-state index in [0.717, 1.165) is 47.6 Å². The number of aryl methyl sites for hydroxylation is 2. The Bertz CT molecular complexity index is 1050. The molecule has 4 rings (SSSR count). The molecule has 0 atom stereocenters. The maximum Gasteiger partial charge on any atom is 0.317 e. The third kappa shape index (κ3) is 4.42. The van der Waals surface area contributed by atoms with Gasteiger partial charge in [0.05, 0.1) is 17.6 Å². The number of urea groups is 1. The number of likely N-dealkylation sites (tertiary alicyclic amines) is 1. The number of rotatable bonds is 6. The summed E-state index contributed by atoms with van der Waals surface area (Å²) in [7, 11) is 1.86. The van der Waals surface area contributed by atoms with Gasteiger partial charge in [-0.1, -0.05) is 19.1 Å². The summed E-state index contributed by atoms with van der Waals surface area (Å²) in [4.78, 5) is 23.0. The quantitative estimate of drug-likeness (QED) is 0.643. The molecule has 3 heterocycles. The molecule has 1 aromatic carbocycles. The van der Waals surface area contributed by atoms with Crippen LogP contribution in [0.4, 0.5) is 16.4 Å². The molecule has 8 nitrogen and oxygen atoms in total. The van der Waals surface area contributed by atoms with Gasteiger partial charge in [-0.25, -0.2) is 14.8 Å². The van der Waals surface area contributed by atoms with E-state index in [1.54, 1.807) is 17.1 Å². The summed E-state index contributed by atoms with van der Waals surface area (Å²) in [5, 5.41) is 10.3. The lowest BCUT2D eigenvalue weighted by Crippen LogP contribution is -2.53. The second-order valence-electron chi connectivity index (χ2n) is 7.77. The van der Waals surface area contributed by atoms with Crippen molar-refractivity contribution in [3.05, 3.63) is 54.0 Å². The van der Waals surface area contributed by atoms with Crippen molar-refractivity contribution in [3.8, 4) is 11.3 Å². The van der Waals surface area contributed by atoms with Crippen LogP contribution in [0.1, 0.15) is 27.3 Å². The van der Waals surface area contributed by atoms with Crippen LogP contribution in [0.2, 0.25) is 0 Å². The Labute approximate surface area is 179 Å². The van der Waals surface area contributed by atoms with Gasteiger partial charge in [0.15, 0.2) is 0 Å². The van der Waals surface area contributed by atoms with E-state index in [1.165, 1.54) is 0 Å². The van der Waals surface area contributed by atoms with Crippen molar-refractivity contribution in [1.82, 2.24) is 30.0 Å². The second-order valence-corrected chi connectivity index (χ2v) is 7.77. The zero-order valence-electron chi connectivity index (χ0n) is 17.6. The van der Waals surface area contributed by atoms with Crippen LogP contribution in [0.25, 0.3) is 11.3 Å². The molecule has 0 bridgehead atoms. The highest BCUT2D eigenvalue weighted by Crippen LogP contribution is 2.23. The van der Waals surface area contributed by atoms with Crippen LogP contribution >= 0.6 is 0 Å². The molecule has 0 saturated carbocycles. The Morgan fingerprint density at radius 2 is 2.13 bits per heavy atom. The molecule has 0 radical (unpaired) electrons. The summed E-state index contributed by atoms with van der Waals surface area (Å²) < 4.78 is 1.72. The lowest BCUT2D eigenvalue weighted by molar-refractivity contribution is 0.118. The van der Waals surface area contributed by atoms with E-state index in [9.17, 15) is 4.79 Å². The number of aromatic nitrogens is 4. The zero-order valence-corrected chi connectivity index (χ0v) is 17.6. The topological polar surface area (TPSA) is 88.0 Å². The van der Waals surface area contributed by atoms with Gasteiger partial charge in [-0.15, -0.1) is 0 Å². The van der Waals surface area contributed by atoms with Crippen molar-refractivity contribution in [1.29, 1.82) is 0 Å². The minimum absolute atomic E-state index is 0. The van der Waals surface area contributed by atoms with Gasteiger partial charge in [-0.3, -0.25) is 4.68 Å². The fourth-order valence-electron chi connectivity index (χ4n) is 3.52. The Balaban J connectivity index is 0.00000181. The average Bonchev–Trinajstić information content (AvgIpc) is 3.11. The molecule has 3 aromatic rings. The molecule has 2 amide bonds. The number of nitrogens with one attached hydrogen (secondary N) is 2. The van der Waals surface area contributed by atoms with Crippen LogP contribution in [-0.4, -0.2) is 43.8 Å². The van der Waals surface area contributed by atoms with Gasteiger partial charge in [-0.2, -0.15) is 5.10 Å². The maximum absolute atomic E-state index is 12.2. The molecule has 30 heavy (non-hydrogen) atoms. The monoisotopic (exact) mass is 409 g/mol. The molecular formula is C22H31N7O. The lowest BCUT2D eigenvalue weighted by Gasteiger charge is -2.38. The molecule has 0 unspecified atom stereocenters. The minimum atomic E-state index is 0. The summed E-state index contributed by atoms with van der Waals surface area (Å²) >= 11 is 0. The van der Waals surface area contributed by atoms with Gasteiger partial charge in [0.25, 0.3) is 0 Å². The molecular weight excluding hydrogens is 378 g/mol. The second kappa shape index (κ2) is 8.52. The highest BCUT2D eigenvalue weighted by atomic mass is 16.2. The van der Waals surface area contributed by atoms with Crippen molar-refractivity contribution >= 4 is 17.7 Å². The molecule has 2 aromatic heterocycles. The smallest absolute Gasteiger partial charge is 0.317 e. The number of anilines is 2. The SMILES string of the molecule is CCC1CN(C(=O)NCc2ccc(-c3ccnc(Nc4cnn(C)c4)n3)cc2C)C1.[HH].[HH]. The van der Waals surface area contributed by atoms with Gasteiger partial charge < -0.3 is 15.5 Å². The summed E-state index contributed by atoms with van der Waals surface area (Å²) in [6.07, 6.45) is 6.46. The van der Waals surface area contributed by atoms with Crippen molar-refractivity contribution in [3.63, 3.8) is 0 Å². The van der Waals surface area contributed by atoms with E-state index in [-0.39, 0.29) is 8.88 Å². The molecule has 160 valence electrons. The lowest BCUT2D eigenvalue weighted by atomic mass is 9.98. The fraction of sp³-hybridized carbons (Fsp3) is 0.364. The number of carbonyl (C=O) groups is 1. The molecule has 1 aliphatic rings. The predicted octanol–water partition coefficient (Wildman–Crippen LogP) is 3.97. The molecule has 1 aliphatic heterocycles. The highest BCUT2D eigenvalue weighted by Gasteiger charge is 2.28. The van der Waals surface area contributed by atoms with E-state index < -0.39 is 0 Å². The summed E-state index contributed by atoms with van der Waals surface area (Å²) in [6, 6.07) is 8.07. The molecule has 1 saturated heterocycles. The number of hydrogen-bond acceptors (Lipinski definition) is 5. The highest BCUT2D eigenvalue weighted by molar-refractivity contribution is 5.75. The Kier molecular flexibility index (Phi) is 5.65. The molecule has 8 heteroatoms. The average molecular weight is 410 g/mol. The molecule has 2 N–H and O–H groups in total. The van der Waals surface area contributed by atoms with Crippen LogP contribution in [-0.2, 0) is 13.6 Å². The number of hydrogen-bond donors (Lipinski definition) is 2. The maximum atomic E-state index is 12.2. The van der Waals surface area contributed by atoms with E-state index in [2.05, 4.69) is 45.6 Å². The van der Waals surface area contributed by atoms with E-state index >= 15 is 0 Å². The van der Waals surface area contributed by atoms with Crippen LogP contribution in [0.5, 0.6) is 0 Å². The van der Waals surface area contributed by atoms with E-state index in [4.69, 9.17) is 0 Å². The molecule has 1 fully saturated rings. The number of amides is 2.